The normalized spacial score (nSPS) is 10.9. The predicted octanol–water partition coefficient (Wildman–Crippen LogP) is 4.95. The summed E-state index contributed by atoms with van der Waals surface area (Å²) in [6.07, 6.45) is 3.98. The Morgan fingerprint density at radius 1 is 1.00 bits per heavy atom. The van der Waals surface area contributed by atoms with Crippen LogP contribution in [0.2, 0.25) is 0 Å². The van der Waals surface area contributed by atoms with Gasteiger partial charge in [-0.05, 0) is 34.5 Å². The van der Waals surface area contributed by atoms with E-state index in [4.69, 9.17) is 9.47 Å². The summed E-state index contributed by atoms with van der Waals surface area (Å²) in [7, 11) is 1.65. The van der Waals surface area contributed by atoms with E-state index in [1.54, 1.807) is 7.11 Å². The molecule has 0 aliphatic rings. The van der Waals surface area contributed by atoms with Crippen LogP contribution in [0.5, 0.6) is 5.75 Å². The molecule has 0 atom stereocenters. The van der Waals surface area contributed by atoms with E-state index < -0.39 is 0 Å². The fraction of sp³-hybridized carbons (Fsp3) is 0.136. The zero-order chi connectivity index (χ0) is 17.5. The van der Waals surface area contributed by atoms with Crippen molar-refractivity contribution in [1.82, 2.24) is 0 Å². The first-order chi connectivity index (χ1) is 12.3. The van der Waals surface area contributed by atoms with E-state index in [0.29, 0.717) is 18.8 Å². The van der Waals surface area contributed by atoms with Gasteiger partial charge in [0.05, 0.1) is 32.0 Å². The molecule has 0 radical (unpaired) electrons. The van der Waals surface area contributed by atoms with E-state index >= 15 is 0 Å². The van der Waals surface area contributed by atoms with E-state index in [2.05, 4.69) is 6.07 Å². The summed E-state index contributed by atoms with van der Waals surface area (Å²) < 4.78 is 10.9. The van der Waals surface area contributed by atoms with Crippen LogP contribution < -0.4 is 4.74 Å². The smallest absolute Gasteiger partial charge is 0.118 e. The Kier molecular flexibility index (Phi) is 5.46. The van der Waals surface area contributed by atoms with E-state index in [9.17, 15) is 5.26 Å². The van der Waals surface area contributed by atoms with Crippen LogP contribution in [0, 0.1) is 11.3 Å². The molecule has 0 N–H and O–H groups in total. The third-order valence-corrected chi connectivity index (χ3v) is 4.05. The van der Waals surface area contributed by atoms with Crippen molar-refractivity contribution in [2.75, 3.05) is 13.7 Å². The number of fused-ring (bicyclic) bond motifs is 1. The maximum absolute atomic E-state index is 9.34. The van der Waals surface area contributed by atoms with Crippen molar-refractivity contribution in [2.24, 2.45) is 0 Å². The van der Waals surface area contributed by atoms with Gasteiger partial charge in [-0.3, -0.25) is 0 Å². The fourth-order valence-electron chi connectivity index (χ4n) is 2.72. The summed E-state index contributed by atoms with van der Waals surface area (Å²) >= 11 is 0. The molecule has 3 aromatic rings. The van der Waals surface area contributed by atoms with E-state index in [1.165, 1.54) is 0 Å². The maximum Gasteiger partial charge on any atom is 0.118 e. The standard InChI is InChI=1S/C22H19NO2/c1-24-20-12-8-17(9-13-20)5-4-14-25-16-22-19(15-23)11-10-18-6-2-3-7-21(18)22/h2-13H,14,16H2,1H3/b5-4+. The largest absolute Gasteiger partial charge is 0.497 e. The van der Waals surface area contributed by atoms with E-state index in [-0.39, 0.29) is 0 Å². The third kappa shape index (κ3) is 4.06. The Bertz CT molecular complexity index is 921. The molecule has 3 rings (SSSR count). The van der Waals surface area contributed by atoms with Crippen molar-refractivity contribution in [1.29, 1.82) is 5.26 Å². The number of ether oxygens (including phenoxy) is 2. The zero-order valence-electron chi connectivity index (χ0n) is 14.1. The minimum Gasteiger partial charge on any atom is -0.497 e. The van der Waals surface area contributed by atoms with Gasteiger partial charge in [-0.2, -0.15) is 5.26 Å². The molecule has 0 aliphatic carbocycles. The van der Waals surface area contributed by atoms with Gasteiger partial charge in [0.1, 0.15) is 5.75 Å². The first kappa shape index (κ1) is 16.8. The molecule has 0 spiro atoms. The minimum absolute atomic E-state index is 0.414. The Hall–Kier alpha value is -3.09. The van der Waals surface area contributed by atoms with Crippen LogP contribution in [0.1, 0.15) is 16.7 Å². The Balaban J connectivity index is 1.65. The van der Waals surface area contributed by atoms with Crippen LogP contribution in [0.4, 0.5) is 0 Å². The predicted molar refractivity (Wildman–Crippen MR) is 100 cm³/mol. The molecule has 0 fully saturated rings. The van der Waals surface area contributed by atoms with Crippen LogP contribution in [-0.2, 0) is 11.3 Å². The van der Waals surface area contributed by atoms with Crippen LogP contribution in [0.25, 0.3) is 16.8 Å². The maximum atomic E-state index is 9.34. The van der Waals surface area contributed by atoms with Crippen molar-refractivity contribution in [3.8, 4) is 11.8 Å². The quantitative estimate of drug-likeness (QED) is 0.601. The Labute approximate surface area is 147 Å². The lowest BCUT2D eigenvalue weighted by Crippen LogP contribution is -1.97. The Morgan fingerprint density at radius 3 is 2.56 bits per heavy atom. The lowest BCUT2D eigenvalue weighted by Gasteiger charge is -2.09. The molecule has 0 saturated heterocycles. The van der Waals surface area contributed by atoms with Crippen LogP contribution >= 0.6 is 0 Å². The van der Waals surface area contributed by atoms with Gasteiger partial charge in [-0.15, -0.1) is 0 Å². The molecule has 0 aliphatic heterocycles. The molecule has 124 valence electrons. The molecular formula is C22H19NO2. The third-order valence-electron chi connectivity index (χ3n) is 4.05. The summed E-state index contributed by atoms with van der Waals surface area (Å²) in [5.74, 6) is 0.841. The van der Waals surface area contributed by atoms with Gasteiger partial charge in [-0.1, -0.05) is 54.6 Å². The second-order valence-corrected chi connectivity index (χ2v) is 5.62. The van der Waals surface area contributed by atoms with Crippen LogP contribution in [0.15, 0.2) is 66.7 Å². The number of nitriles is 1. The summed E-state index contributed by atoms with van der Waals surface area (Å²) in [5, 5.41) is 11.5. The molecule has 25 heavy (non-hydrogen) atoms. The molecule has 0 bridgehead atoms. The van der Waals surface area contributed by atoms with Crippen LogP contribution in [-0.4, -0.2) is 13.7 Å². The van der Waals surface area contributed by atoms with Gasteiger partial charge in [0.25, 0.3) is 0 Å². The van der Waals surface area contributed by atoms with Gasteiger partial charge in [0, 0.05) is 5.56 Å². The number of methoxy groups -OCH3 is 1. The summed E-state index contributed by atoms with van der Waals surface area (Å²) in [4.78, 5) is 0. The lowest BCUT2D eigenvalue weighted by molar-refractivity contribution is 0.150. The average Bonchev–Trinajstić information content (AvgIpc) is 2.68. The van der Waals surface area contributed by atoms with Gasteiger partial charge in [-0.25, -0.2) is 0 Å². The minimum atomic E-state index is 0.414. The molecular weight excluding hydrogens is 310 g/mol. The highest BCUT2D eigenvalue weighted by molar-refractivity contribution is 5.87. The highest BCUT2D eigenvalue weighted by Gasteiger charge is 2.07. The van der Waals surface area contributed by atoms with Crippen molar-refractivity contribution in [2.45, 2.75) is 6.61 Å². The number of hydrogen-bond acceptors (Lipinski definition) is 3. The van der Waals surface area contributed by atoms with Gasteiger partial charge in [0.15, 0.2) is 0 Å². The zero-order valence-corrected chi connectivity index (χ0v) is 14.1. The second kappa shape index (κ2) is 8.14. The second-order valence-electron chi connectivity index (χ2n) is 5.62. The molecule has 0 saturated carbocycles. The first-order valence-corrected chi connectivity index (χ1v) is 8.11. The number of nitrogens with zero attached hydrogens (tertiary/aromatic N) is 1. The number of benzene rings is 3. The van der Waals surface area contributed by atoms with Crippen molar-refractivity contribution in [3.63, 3.8) is 0 Å². The van der Waals surface area contributed by atoms with Crippen LogP contribution in [0.3, 0.4) is 0 Å². The van der Waals surface area contributed by atoms with Crippen molar-refractivity contribution in [3.05, 3.63) is 83.4 Å². The SMILES string of the molecule is COc1ccc(/C=C/COCc2c(C#N)ccc3ccccc23)cc1. The number of hydrogen-bond donors (Lipinski definition) is 0. The summed E-state index contributed by atoms with van der Waals surface area (Å²) in [5.41, 5.74) is 2.70. The monoisotopic (exact) mass is 329 g/mol. The van der Waals surface area contributed by atoms with Gasteiger partial charge in [0.2, 0.25) is 0 Å². The molecule has 3 nitrogen and oxygen atoms in total. The molecule has 0 aromatic heterocycles. The van der Waals surface area contributed by atoms with Crippen molar-refractivity contribution >= 4 is 16.8 Å². The summed E-state index contributed by atoms with van der Waals surface area (Å²) in [6.45, 7) is 0.900. The number of rotatable bonds is 6. The van der Waals surface area contributed by atoms with Gasteiger partial charge < -0.3 is 9.47 Å². The fourth-order valence-corrected chi connectivity index (χ4v) is 2.72. The van der Waals surface area contributed by atoms with E-state index in [1.807, 2.05) is 72.8 Å². The molecule has 0 heterocycles. The summed E-state index contributed by atoms with van der Waals surface area (Å²) in [6, 6.07) is 22.0. The van der Waals surface area contributed by atoms with Gasteiger partial charge >= 0.3 is 0 Å². The highest BCUT2D eigenvalue weighted by Crippen LogP contribution is 2.23. The first-order valence-electron chi connectivity index (χ1n) is 8.11. The molecule has 3 aromatic carbocycles. The average molecular weight is 329 g/mol. The topological polar surface area (TPSA) is 42.2 Å². The molecule has 3 heteroatoms. The lowest BCUT2D eigenvalue weighted by atomic mass is 10.0. The highest BCUT2D eigenvalue weighted by atomic mass is 16.5. The molecule has 0 amide bonds. The van der Waals surface area contributed by atoms with E-state index in [0.717, 1.165) is 27.6 Å². The molecule has 0 unspecified atom stereocenters. The van der Waals surface area contributed by atoms with Crippen molar-refractivity contribution < 1.29 is 9.47 Å². The Morgan fingerprint density at radius 2 is 1.80 bits per heavy atom.